The molecule has 0 saturated heterocycles. The fourth-order valence-electron chi connectivity index (χ4n) is 3.35. The monoisotopic (exact) mass is 434 g/mol. The molecule has 1 atom stereocenters. The summed E-state index contributed by atoms with van der Waals surface area (Å²) in [5, 5.41) is 21.1. The van der Waals surface area contributed by atoms with Crippen LogP contribution in [0.2, 0.25) is 0 Å². The number of nitrogens with zero attached hydrogens (tertiary/aromatic N) is 3. The summed E-state index contributed by atoms with van der Waals surface area (Å²) in [6.07, 6.45) is 0.476. The smallest absolute Gasteiger partial charge is 0.258 e. The average Bonchev–Trinajstić information content (AvgIpc) is 3.23. The lowest BCUT2D eigenvalue weighted by molar-refractivity contribution is -0.123. The number of ether oxygens (including phenoxy) is 1. The molecule has 1 unspecified atom stereocenters. The normalized spacial score (nSPS) is 12.0. The third-order valence-corrected chi connectivity index (χ3v) is 5.03. The van der Waals surface area contributed by atoms with E-state index in [4.69, 9.17) is 4.74 Å². The van der Waals surface area contributed by atoms with Crippen LogP contribution < -0.4 is 10.1 Å². The first-order valence-electron chi connectivity index (χ1n) is 10.3. The number of aliphatic hydroxyl groups excluding tert-OH is 1. The number of carbonyl (C=O) groups is 1. The Morgan fingerprint density at radius 2 is 1.78 bits per heavy atom. The number of halogens is 1. The van der Waals surface area contributed by atoms with E-state index in [1.165, 1.54) is 16.9 Å². The summed E-state index contributed by atoms with van der Waals surface area (Å²) in [4.78, 5) is 13.9. The van der Waals surface area contributed by atoms with Gasteiger partial charge in [-0.1, -0.05) is 30.3 Å². The second-order valence-electron chi connectivity index (χ2n) is 7.38. The van der Waals surface area contributed by atoms with Gasteiger partial charge < -0.3 is 15.2 Å². The Bertz CT molecular complexity index is 1190. The van der Waals surface area contributed by atoms with E-state index >= 15 is 0 Å². The number of benzene rings is 3. The van der Waals surface area contributed by atoms with Crippen LogP contribution >= 0.6 is 0 Å². The van der Waals surface area contributed by atoms with Crippen LogP contribution in [-0.2, 0) is 11.2 Å². The second kappa shape index (κ2) is 9.57. The number of aromatic nitrogens is 3. The van der Waals surface area contributed by atoms with Gasteiger partial charge in [0.1, 0.15) is 28.3 Å². The van der Waals surface area contributed by atoms with Gasteiger partial charge in [0.2, 0.25) is 0 Å². The number of carbonyl (C=O) groups excluding carboxylic acids is 1. The first-order chi connectivity index (χ1) is 15.5. The van der Waals surface area contributed by atoms with Crippen LogP contribution in [0.25, 0.3) is 16.7 Å². The number of hydrogen-bond acceptors (Lipinski definition) is 5. The third kappa shape index (κ3) is 4.92. The number of fused-ring (bicyclic) bond motifs is 1. The van der Waals surface area contributed by atoms with Gasteiger partial charge in [-0.25, -0.2) is 4.39 Å². The molecule has 3 aromatic carbocycles. The topological polar surface area (TPSA) is 89.3 Å². The highest BCUT2D eigenvalue weighted by Crippen LogP contribution is 2.25. The van der Waals surface area contributed by atoms with Crippen LogP contribution in [0.3, 0.4) is 0 Å². The van der Waals surface area contributed by atoms with Crippen LogP contribution in [0.15, 0.2) is 66.7 Å². The van der Waals surface area contributed by atoms with E-state index in [1.54, 1.807) is 18.2 Å². The SMILES string of the molecule is CC(NC(=O)COc1ccc(CCO)cc1-n1nc2ccccc2n1)c1ccc(F)cc1. The van der Waals surface area contributed by atoms with Gasteiger partial charge in [-0.3, -0.25) is 4.79 Å². The average molecular weight is 434 g/mol. The van der Waals surface area contributed by atoms with E-state index in [0.717, 1.165) is 22.2 Å². The van der Waals surface area contributed by atoms with Gasteiger partial charge in [-0.15, -0.1) is 15.0 Å². The Hall–Kier alpha value is -3.78. The van der Waals surface area contributed by atoms with Gasteiger partial charge in [-0.2, -0.15) is 0 Å². The van der Waals surface area contributed by atoms with E-state index in [0.29, 0.717) is 17.9 Å². The van der Waals surface area contributed by atoms with E-state index in [-0.39, 0.29) is 31.0 Å². The molecule has 0 bridgehead atoms. The molecule has 0 aliphatic carbocycles. The first kappa shape index (κ1) is 21.5. The van der Waals surface area contributed by atoms with Gasteiger partial charge in [0.05, 0.1) is 6.04 Å². The van der Waals surface area contributed by atoms with E-state index in [1.807, 2.05) is 43.3 Å². The quantitative estimate of drug-likeness (QED) is 0.444. The molecule has 7 nitrogen and oxygen atoms in total. The maximum absolute atomic E-state index is 13.1. The standard InChI is InChI=1S/C24H23FN4O3/c1-16(18-7-9-19(25)10-8-18)26-24(31)15-32-23-11-6-17(12-13-30)14-22(23)29-27-20-4-2-3-5-21(20)28-29/h2-11,14,16,30H,12-13,15H2,1H3,(H,26,31). The largest absolute Gasteiger partial charge is 0.481 e. The summed E-state index contributed by atoms with van der Waals surface area (Å²) in [6, 6.07) is 18.6. The molecule has 0 spiro atoms. The predicted molar refractivity (Wildman–Crippen MR) is 118 cm³/mol. The number of amides is 1. The minimum absolute atomic E-state index is 0.0117. The summed E-state index contributed by atoms with van der Waals surface area (Å²) in [7, 11) is 0. The second-order valence-corrected chi connectivity index (χ2v) is 7.38. The summed E-state index contributed by atoms with van der Waals surface area (Å²) in [5.74, 6) is -0.199. The highest BCUT2D eigenvalue weighted by Gasteiger charge is 2.15. The maximum atomic E-state index is 13.1. The van der Waals surface area contributed by atoms with Crippen LogP contribution in [-0.4, -0.2) is 39.2 Å². The Kier molecular flexibility index (Phi) is 6.42. The van der Waals surface area contributed by atoms with Gasteiger partial charge in [0.25, 0.3) is 5.91 Å². The zero-order chi connectivity index (χ0) is 22.5. The van der Waals surface area contributed by atoms with Crippen LogP contribution in [0.5, 0.6) is 5.75 Å². The summed E-state index contributed by atoms with van der Waals surface area (Å²) in [6.45, 7) is 1.62. The molecular weight excluding hydrogens is 411 g/mol. The van der Waals surface area contributed by atoms with Crippen molar-refractivity contribution < 1.29 is 19.0 Å². The maximum Gasteiger partial charge on any atom is 0.258 e. The van der Waals surface area contributed by atoms with Crippen LogP contribution in [0.1, 0.15) is 24.1 Å². The van der Waals surface area contributed by atoms with Gasteiger partial charge in [-0.05, 0) is 60.9 Å². The Labute approximate surface area is 184 Å². The third-order valence-electron chi connectivity index (χ3n) is 5.03. The number of hydrogen-bond donors (Lipinski definition) is 2. The molecule has 1 heterocycles. The minimum Gasteiger partial charge on any atom is -0.481 e. The number of nitrogens with one attached hydrogen (secondary N) is 1. The molecule has 1 aromatic heterocycles. The number of rotatable bonds is 8. The van der Waals surface area contributed by atoms with Gasteiger partial charge in [0, 0.05) is 6.61 Å². The fraction of sp³-hybridized carbons (Fsp3) is 0.208. The van der Waals surface area contributed by atoms with E-state index < -0.39 is 0 Å². The molecule has 8 heteroatoms. The van der Waals surface area contributed by atoms with E-state index in [9.17, 15) is 14.3 Å². The molecule has 164 valence electrons. The molecule has 4 rings (SSSR count). The van der Waals surface area contributed by atoms with E-state index in [2.05, 4.69) is 15.5 Å². The van der Waals surface area contributed by atoms with Crippen molar-refractivity contribution in [2.45, 2.75) is 19.4 Å². The molecule has 0 fully saturated rings. The highest BCUT2D eigenvalue weighted by atomic mass is 19.1. The van der Waals surface area contributed by atoms with Gasteiger partial charge in [0.15, 0.2) is 6.61 Å². The molecular formula is C24H23FN4O3. The molecule has 1 amide bonds. The van der Waals surface area contributed by atoms with Crippen molar-refractivity contribution >= 4 is 16.9 Å². The lowest BCUT2D eigenvalue weighted by Crippen LogP contribution is -2.31. The summed E-state index contributed by atoms with van der Waals surface area (Å²) < 4.78 is 18.9. The van der Waals surface area contributed by atoms with Crippen molar-refractivity contribution in [1.29, 1.82) is 0 Å². The molecule has 0 radical (unpaired) electrons. The van der Waals surface area contributed by atoms with Crippen molar-refractivity contribution in [2.24, 2.45) is 0 Å². The number of aliphatic hydroxyl groups is 1. The van der Waals surface area contributed by atoms with Crippen molar-refractivity contribution in [3.63, 3.8) is 0 Å². The van der Waals surface area contributed by atoms with Crippen molar-refractivity contribution in [2.75, 3.05) is 13.2 Å². The Balaban J connectivity index is 1.51. The van der Waals surface area contributed by atoms with Crippen LogP contribution in [0.4, 0.5) is 4.39 Å². The zero-order valence-electron chi connectivity index (χ0n) is 17.5. The summed E-state index contributed by atoms with van der Waals surface area (Å²) >= 11 is 0. The van der Waals surface area contributed by atoms with Gasteiger partial charge >= 0.3 is 0 Å². The fourth-order valence-corrected chi connectivity index (χ4v) is 3.35. The minimum atomic E-state index is -0.326. The lowest BCUT2D eigenvalue weighted by atomic mass is 10.1. The Morgan fingerprint density at radius 3 is 2.44 bits per heavy atom. The molecule has 32 heavy (non-hydrogen) atoms. The molecule has 2 N–H and O–H groups in total. The van der Waals surface area contributed by atoms with Crippen LogP contribution in [0, 0.1) is 5.82 Å². The summed E-state index contributed by atoms with van der Waals surface area (Å²) in [5.41, 5.74) is 3.73. The lowest BCUT2D eigenvalue weighted by Gasteiger charge is -2.16. The predicted octanol–water partition coefficient (Wildman–Crippen LogP) is 3.35. The molecule has 0 aliphatic rings. The van der Waals surface area contributed by atoms with Crippen molar-refractivity contribution in [3.05, 3.63) is 83.7 Å². The Morgan fingerprint density at radius 1 is 1.09 bits per heavy atom. The van der Waals surface area contributed by atoms with Crippen molar-refractivity contribution in [3.8, 4) is 11.4 Å². The molecule has 0 aliphatic heterocycles. The zero-order valence-corrected chi connectivity index (χ0v) is 17.5. The highest BCUT2D eigenvalue weighted by molar-refractivity contribution is 5.78. The molecule has 0 saturated carbocycles. The van der Waals surface area contributed by atoms with Crippen molar-refractivity contribution in [1.82, 2.24) is 20.3 Å². The first-order valence-corrected chi connectivity index (χ1v) is 10.3. The molecule has 4 aromatic rings.